The minimum Gasteiger partial charge on any atom is -0.494 e. The van der Waals surface area contributed by atoms with E-state index < -0.39 is 36.7 Å². The number of aromatic nitrogens is 3. The second-order valence-electron chi connectivity index (χ2n) is 9.90. The molecule has 5 N–H and O–H groups in total. The first-order valence-electron chi connectivity index (χ1n) is 14.2. The molecule has 16 heteroatoms. The summed E-state index contributed by atoms with van der Waals surface area (Å²) in [5.74, 6) is -0.617. The Morgan fingerprint density at radius 1 is 1.00 bits per heavy atom. The molecule has 1 atom stereocenters. The monoisotopic (exact) mass is 633 g/mol. The van der Waals surface area contributed by atoms with Gasteiger partial charge in [0.25, 0.3) is 5.91 Å². The smallest absolute Gasteiger partial charge is 0.422 e. The van der Waals surface area contributed by atoms with Crippen LogP contribution in [0.5, 0.6) is 17.5 Å². The molecule has 2 aromatic carbocycles. The zero-order chi connectivity index (χ0) is 32.2. The van der Waals surface area contributed by atoms with Gasteiger partial charge in [-0.15, -0.1) is 0 Å². The van der Waals surface area contributed by atoms with E-state index in [0.717, 1.165) is 24.8 Å². The third kappa shape index (κ3) is 10.4. The summed E-state index contributed by atoms with van der Waals surface area (Å²) in [5, 5.41) is 8.41. The zero-order valence-corrected chi connectivity index (χ0v) is 24.5. The summed E-state index contributed by atoms with van der Waals surface area (Å²) in [5.41, 5.74) is 6.95. The Morgan fingerprint density at radius 3 is 2.40 bits per heavy atom. The lowest BCUT2D eigenvalue weighted by Crippen LogP contribution is -2.46. The van der Waals surface area contributed by atoms with Crippen LogP contribution < -0.4 is 35.9 Å². The van der Waals surface area contributed by atoms with Crippen LogP contribution in [-0.2, 0) is 16.1 Å². The molecular weight excluding hydrogens is 599 g/mol. The molecule has 242 valence electrons. The van der Waals surface area contributed by atoms with Gasteiger partial charge >= 0.3 is 18.2 Å². The van der Waals surface area contributed by atoms with Crippen molar-refractivity contribution < 1.29 is 41.7 Å². The van der Waals surface area contributed by atoms with E-state index in [2.05, 4.69) is 30.9 Å². The van der Waals surface area contributed by atoms with E-state index in [1.165, 1.54) is 25.3 Å². The minimum absolute atomic E-state index is 0.0426. The van der Waals surface area contributed by atoms with Crippen LogP contribution in [0.4, 0.5) is 30.8 Å². The summed E-state index contributed by atoms with van der Waals surface area (Å²) in [4.78, 5) is 37.3. The molecule has 13 nitrogen and oxygen atoms in total. The number of nitrogens with two attached hydrogens (primary N) is 1. The molecule has 0 fully saturated rings. The molecule has 0 spiro atoms. The largest absolute Gasteiger partial charge is 0.494 e. The lowest BCUT2D eigenvalue weighted by molar-refractivity contribution is -0.154. The Bertz CT molecular complexity index is 1440. The van der Waals surface area contributed by atoms with Gasteiger partial charge in [0.05, 0.1) is 25.9 Å². The fourth-order valence-corrected chi connectivity index (χ4v) is 4.15. The number of anilines is 3. The van der Waals surface area contributed by atoms with Crippen molar-refractivity contribution in [3.63, 3.8) is 0 Å². The van der Waals surface area contributed by atoms with Gasteiger partial charge in [0.2, 0.25) is 11.9 Å². The van der Waals surface area contributed by atoms with Crippen molar-refractivity contribution in [2.24, 2.45) is 5.73 Å². The van der Waals surface area contributed by atoms with Crippen molar-refractivity contribution in [1.29, 1.82) is 0 Å². The van der Waals surface area contributed by atoms with Crippen LogP contribution in [0.25, 0.3) is 0 Å². The van der Waals surface area contributed by atoms with Gasteiger partial charge in [0.1, 0.15) is 17.5 Å². The predicted octanol–water partition coefficient (Wildman–Crippen LogP) is 3.73. The molecule has 1 amide bonds. The Morgan fingerprint density at radius 2 is 1.71 bits per heavy atom. The third-order valence-electron chi connectivity index (χ3n) is 6.43. The third-order valence-corrected chi connectivity index (χ3v) is 6.43. The highest BCUT2D eigenvalue weighted by Gasteiger charge is 2.29. The van der Waals surface area contributed by atoms with Gasteiger partial charge < -0.3 is 40.6 Å². The fraction of sp³-hybridized carbons (Fsp3) is 0.414. The molecule has 2 aliphatic rings. The standard InChI is InChI=1S/C29H34F3N7O6/c1-42-25(41)22(15-33)36-24(40)21-11-8-19-14-23(21)44-13-5-3-2-4-12-43-20-9-6-18(7-10-20)16-34-26-37-27(35-19)39-28(38-26)45-17-29(30,31)32/h6-11,14,22H,2-5,12-13,15-17,33H2,1H3,(H,36,40)(H2,34,35,37,38,39)/t22-/m0/s1. The number of amides is 1. The lowest BCUT2D eigenvalue weighted by atomic mass is 10.1. The Kier molecular flexibility index (Phi) is 11.6. The quantitative estimate of drug-likeness (QED) is 0.290. The first kappa shape index (κ1) is 33.0. The SMILES string of the molecule is COC(=O)[C@H](CN)NC(=O)c1ccc2cc1OCCCCCCOc1ccc(cc1)CNc1nc(nc(OCC(F)(F)F)n1)N2. The number of halogens is 3. The van der Waals surface area contributed by atoms with Crippen LogP contribution in [0.3, 0.4) is 0 Å². The lowest BCUT2D eigenvalue weighted by Gasteiger charge is -2.17. The van der Waals surface area contributed by atoms with Gasteiger partial charge in [0.15, 0.2) is 6.61 Å². The molecule has 5 rings (SSSR count). The van der Waals surface area contributed by atoms with Crippen molar-refractivity contribution in [3.8, 4) is 17.5 Å². The fourth-order valence-electron chi connectivity index (χ4n) is 4.15. The number of alkyl halides is 3. The number of esters is 1. The Hall–Kier alpha value is -4.86. The van der Waals surface area contributed by atoms with Gasteiger partial charge in [-0.05, 0) is 55.5 Å². The van der Waals surface area contributed by atoms with Crippen LogP contribution in [0.2, 0.25) is 0 Å². The maximum atomic E-state index is 13.1. The molecule has 0 saturated heterocycles. The number of ether oxygens (including phenoxy) is 4. The van der Waals surface area contributed by atoms with Crippen LogP contribution in [0, 0.1) is 0 Å². The van der Waals surface area contributed by atoms with Crippen molar-refractivity contribution in [2.75, 3.05) is 44.1 Å². The van der Waals surface area contributed by atoms with E-state index in [1.54, 1.807) is 0 Å². The molecule has 6 bridgehead atoms. The van der Waals surface area contributed by atoms with Crippen molar-refractivity contribution in [3.05, 3.63) is 53.6 Å². The highest BCUT2D eigenvalue weighted by molar-refractivity contribution is 5.99. The van der Waals surface area contributed by atoms with Gasteiger partial charge in [-0.3, -0.25) is 4.79 Å². The second-order valence-corrected chi connectivity index (χ2v) is 9.90. The van der Waals surface area contributed by atoms with E-state index in [0.29, 0.717) is 24.5 Å². The highest BCUT2D eigenvalue weighted by atomic mass is 19.4. The normalized spacial score (nSPS) is 14.7. The first-order chi connectivity index (χ1) is 21.6. The second kappa shape index (κ2) is 15.7. The molecule has 1 aromatic heterocycles. The predicted molar refractivity (Wildman–Crippen MR) is 157 cm³/mol. The number of benzene rings is 2. The summed E-state index contributed by atoms with van der Waals surface area (Å²) in [6.45, 7) is -0.725. The number of carbonyl (C=O) groups is 2. The molecular formula is C29H34F3N7O6. The van der Waals surface area contributed by atoms with Crippen molar-refractivity contribution in [2.45, 2.75) is 44.4 Å². The summed E-state index contributed by atoms with van der Waals surface area (Å²) < 4.78 is 59.9. The highest BCUT2D eigenvalue weighted by Crippen LogP contribution is 2.27. The van der Waals surface area contributed by atoms with Gasteiger partial charge in [-0.1, -0.05) is 12.1 Å². The number of carbonyl (C=O) groups excluding carboxylic acids is 2. The number of methoxy groups -OCH3 is 1. The van der Waals surface area contributed by atoms with Gasteiger partial charge in [-0.25, -0.2) is 4.79 Å². The van der Waals surface area contributed by atoms with E-state index in [9.17, 15) is 22.8 Å². The average molecular weight is 634 g/mol. The Balaban J connectivity index is 1.64. The Labute approximate surface area is 257 Å². The topological polar surface area (TPSA) is 172 Å². The maximum absolute atomic E-state index is 13.1. The van der Waals surface area contributed by atoms with Crippen LogP contribution in [0.15, 0.2) is 42.5 Å². The van der Waals surface area contributed by atoms with E-state index in [1.807, 2.05) is 24.3 Å². The molecule has 45 heavy (non-hydrogen) atoms. The molecule has 0 saturated carbocycles. The molecule has 3 heterocycles. The minimum atomic E-state index is -4.61. The number of nitrogens with one attached hydrogen (secondary N) is 3. The zero-order valence-electron chi connectivity index (χ0n) is 24.5. The van der Waals surface area contributed by atoms with Gasteiger partial charge in [0, 0.05) is 24.8 Å². The van der Waals surface area contributed by atoms with E-state index in [4.69, 9.17) is 24.7 Å². The molecule has 3 aromatic rings. The van der Waals surface area contributed by atoms with Crippen LogP contribution in [-0.4, -0.2) is 72.5 Å². The first-order valence-corrected chi connectivity index (χ1v) is 14.2. The average Bonchev–Trinajstić information content (AvgIpc) is 3.02. The van der Waals surface area contributed by atoms with Crippen LogP contribution >= 0.6 is 0 Å². The summed E-state index contributed by atoms with van der Waals surface area (Å²) in [6, 6.07) is 10.2. The molecule has 2 aliphatic heterocycles. The number of fused-ring (bicyclic) bond motifs is 10. The molecule has 0 unspecified atom stereocenters. The van der Waals surface area contributed by atoms with Crippen molar-refractivity contribution >= 4 is 29.5 Å². The van der Waals surface area contributed by atoms with E-state index in [-0.39, 0.29) is 42.9 Å². The molecule has 0 aliphatic carbocycles. The summed E-state index contributed by atoms with van der Waals surface area (Å²) in [6.07, 6.45) is -1.35. The number of hydrogen-bond donors (Lipinski definition) is 4. The van der Waals surface area contributed by atoms with Gasteiger partial charge in [-0.2, -0.15) is 28.1 Å². The number of hydrogen-bond acceptors (Lipinski definition) is 12. The van der Waals surface area contributed by atoms with Crippen molar-refractivity contribution in [1.82, 2.24) is 20.3 Å². The number of rotatable bonds is 6. The van der Waals surface area contributed by atoms with E-state index >= 15 is 0 Å². The summed E-state index contributed by atoms with van der Waals surface area (Å²) in [7, 11) is 1.18. The molecule has 0 radical (unpaired) electrons. The summed E-state index contributed by atoms with van der Waals surface area (Å²) >= 11 is 0. The maximum Gasteiger partial charge on any atom is 0.422 e. The van der Waals surface area contributed by atoms with Crippen LogP contribution in [0.1, 0.15) is 41.6 Å². The number of nitrogens with zero attached hydrogens (tertiary/aromatic N) is 3.